The van der Waals surface area contributed by atoms with Crippen LogP contribution in [0, 0.1) is 5.82 Å². The molecule has 0 amide bonds. The Kier molecular flexibility index (Phi) is 4.43. The van der Waals surface area contributed by atoms with Gasteiger partial charge in [0.1, 0.15) is 0 Å². The van der Waals surface area contributed by atoms with E-state index in [0.717, 1.165) is 6.07 Å². The summed E-state index contributed by atoms with van der Waals surface area (Å²) in [4.78, 5) is 11.0. The lowest BCUT2D eigenvalue weighted by molar-refractivity contribution is 0.217. The molecule has 0 spiro atoms. The first-order chi connectivity index (χ1) is 9.91. The smallest absolute Gasteiger partial charge is 0.264 e. The number of halogens is 1. The summed E-state index contributed by atoms with van der Waals surface area (Å²) in [5.41, 5.74) is -0.155. The first kappa shape index (κ1) is 15.3. The Bertz CT molecular complexity index is 782. The molecule has 2 N–H and O–H groups in total. The van der Waals surface area contributed by atoms with Crippen LogP contribution < -0.4 is 10.3 Å². The molecule has 0 aliphatic heterocycles. The van der Waals surface area contributed by atoms with E-state index in [1.54, 1.807) is 0 Å². The van der Waals surface area contributed by atoms with E-state index >= 15 is 0 Å². The van der Waals surface area contributed by atoms with Crippen molar-refractivity contribution < 1.29 is 17.5 Å². The van der Waals surface area contributed by atoms with Crippen molar-refractivity contribution in [3.05, 3.63) is 46.6 Å². The van der Waals surface area contributed by atoms with Gasteiger partial charge in [-0.05, 0) is 12.1 Å². The predicted molar refractivity (Wildman–Crippen MR) is 75.6 cm³/mol. The Hall–Kier alpha value is -2.13. The minimum atomic E-state index is -3.59. The van der Waals surface area contributed by atoms with Gasteiger partial charge in [0, 0.05) is 25.4 Å². The van der Waals surface area contributed by atoms with Gasteiger partial charge in [0.25, 0.3) is 5.56 Å². The summed E-state index contributed by atoms with van der Waals surface area (Å²) in [5.74, 6) is -0.897. The number of aromatic amines is 1. The van der Waals surface area contributed by atoms with Gasteiger partial charge < -0.3 is 4.74 Å². The van der Waals surface area contributed by atoms with Crippen LogP contribution in [0.5, 0.6) is 0 Å². The highest BCUT2D eigenvalue weighted by atomic mass is 32.2. The number of nitrogens with one attached hydrogen (secondary N) is 2. The van der Waals surface area contributed by atoms with Gasteiger partial charge in [-0.25, -0.2) is 12.8 Å². The van der Waals surface area contributed by atoms with Crippen LogP contribution in [0.15, 0.2) is 35.3 Å². The van der Waals surface area contributed by atoms with Crippen LogP contribution in [0.4, 0.5) is 10.1 Å². The zero-order chi connectivity index (χ0) is 15.5. The minimum absolute atomic E-state index is 0.0422. The predicted octanol–water partition coefficient (Wildman–Crippen LogP) is 0.693. The van der Waals surface area contributed by atoms with Crippen molar-refractivity contribution >= 4 is 15.7 Å². The van der Waals surface area contributed by atoms with Gasteiger partial charge >= 0.3 is 0 Å². The number of benzene rings is 1. The standard InChI is InChI=1S/C12H14FN3O4S/c1-20-6-7-21(18,19)15-9-2-3-11(10(13)8-9)16-5-4-12(17)14-16/h2-5,8,15H,6-7H2,1H3,(H,14,17). The highest BCUT2D eigenvalue weighted by Gasteiger charge is 2.12. The Balaban J connectivity index is 2.22. The number of methoxy groups -OCH3 is 1. The topological polar surface area (TPSA) is 93.2 Å². The zero-order valence-corrected chi connectivity index (χ0v) is 12.0. The largest absolute Gasteiger partial charge is 0.384 e. The Morgan fingerprint density at radius 1 is 1.38 bits per heavy atom. The SMILES string of the molecule is COCCS(=O)(=O)Nc1ccc(-n2ccc(=O)[nH]2)c(F)c1. The summed E-state index contributed by atoms with van der Waals surface area (Å²) < 4.78 is 45.4. The Morgan fingerprint density at radius 3 is 2.71 bits per heavy atom. The van der Waals surface area contributed by atoms with Crippen molar-refractivity contribution in [1.29, 1.82) is 0 Å². The molecule has 0 aliphatic carbocycles. The maximum Gasteiger partial charge on any atom is 0.264 e. The molecule has 1 heterocycles. The van der Waals surface area contributed by atoms with Gasteiger partial charge in [0.15, 0.2) is 5.82 Å². The second-order valence-electron chi connectivity index (χ2n) is 4.24. The lowest BCUT2D eigenvalue weighted by atomic mass is 10.3. The van der Waals surface area contributed by atoms with Gasteiger partial charge in [-0.3, -0.25) is 19.3 Å². The number of aromatic nitrogens is 2. The van der Waals surface area contributed by atoms with E-state index in [1.165, 1.54) is 36.2 Å². The maximum atomic E-state index is 14.0. The van der Waals surface area contributed by atoms with Crippen LogP contribution in [-0.4, -0.2) is 37.7 Å². The van der Waals surface area contributed by atoms with Crippen molar-refractivity contribution in [2.75, 3.05) is 24.2 Å². The van der Waals surface area contributed by atoms with Crippen LogP contribution in [0.3, 0.4) is 0 Å². The van der Waals surface area contributed by atoms with Gasteiger partial charge in [0.2, 0.25) is 10.0 Å². The van der Waals surface area contributed by atoms with Crippen molar-refractivity contribution in [3.63, 3.8) is 0 Å². The van der Waals surface area contributed by atoms with Gasteiger partial charge in [-0.1, -0.05) is 0 Å². The zero-order valence-electron chi connectivity index (χ0n) is 11.2. The molecule has 0 fully saturated rings. The molecule has 1 aromatic carbocycles. The molecular weight excluding hydrogens is 301 g/mol. The normalized spacial score (nSPS) is 11.5. The number of ether oxygens (including phenoxy) is 1. The monoisotopic (exact) mass is 315 g/mol. The molecule has 0 atom stereocenters. The van der Waals surface area contributed by atoms with Gasteiger partial charge in [0.05, 0.1) is 23.7 Å². The average molecular weight is 315 g/mol. The second-order valence-corrected chi connectivity index (χ2v) is 6.08. The maximum absolute atomic E-state index is 14.0. The summed E-state index contributed by atoms with van der Waals surface area (Å²) >= 11 is 0. The summed E-state index contributed by atoms with van der Waals surface area (Å²) in [6.45, 7) is 0.0422. The highest BCUT2D eigenvalue weighted by Crippen LogP contribution is 2.18. The molecule has 0 aliphatic rings. The van der Waals surface area contributed by atoms with E-state index in [1.807, 2.05) is 0 Å². The van der Waals surface area contributed by atoms with Crippen molar-refractivity contribution in [1.82, 2.24) is 9.78 Å². The second kappa shape index (κ2) is 6.10. The molecule has 21 heavy (non-hydrogen) atoms. The Morgan fingerprint density at radius 2 is 2.14 bits per heavy atom. The Labute approximate surface area is 120 Å². The van der Waals surface area contributed by atoms with Crippen molar-refractivity contribution in [2.45, 2.75) is 0 Å². The molecule has 0 unspecified atom stereocenters. The number of sulfonamides is 1. The summed E-state index contributed by atoms with van der Waals surface area (Å²) in [7, 11) is -2.20. The minimum Gasteiger partial charge on any atom is -0.384 e. The number of hydrogen-bond donors (Lipinski definition) is 2. The molecular formula is C12H14FN3O4S. The van der Waals surface area contributed by atoms with Crippen LogP contribution in [0.25, 0.3) is 5.69 Å². The molecule has 114 valence electrons. The van der Waals surface area contributed by atoms with Gasteiger partial charge in [-0.2, -0.15) is 0 Å². The summed E-state index contributed by atoms with van der Waals surface area (Å²) in [6.07, 6.45) is 1.38. The molecule has 0 saturated heterocycles. The fraction of sp³-hybridized carbons (Fsp3) is 0.250. The van der Waals surface area contributed by atoms with E-state index in [-0.39, 0.29) is 29.3 Å². The molecule has 0 radical (unpaired) electrons. The quantitative estimate of drug-likeness (QED) is 0.820. The first-order valence-electron chi connectivity index (χ1n) is 5.98. The van der Waals surface area contributed by atoms with Crippen LogP contribution in [0.2, 0.25) is 0 Å². The van der Waals surface area contributed by atoms with Crippen molar-refractivity contribution in [3.8, 4) is 5.69 Å². The number of H-pyrrole nitrogens is 1. The third-order valence-electron chi connectivity index (χ3n) is 2.64. The third-order valence-corrected chi connectivity index (χ3v) is 3.89. The van der Waals surface area contributed by atoms with E-state index in [4.69, 9.17) is 0 Å². The fourth-order valence-corrected chi connectivity index (χ4v) is 2.64. The molecule has 0 saturated carbocycles. The molecule has 2 rings (SSSR count). The fourth-order valence-electron chi connectivity index (χ4n) is 1.67. The lowest BCUT2D eigenvalue weighted by Gasteiger charge is -2.10. The molecule has 7 nitrogen and oxygen atoms in total. The molecule has 0 bridgehead atoms. The third kappa shape index (κ3) is 3.92. The number of hydrogen-bond acceptors (Lipinski definition) is 4. The lowest BCUT2D eigenvalue weighted by Crippen LogP contribution is -2.19. The van der Waals surface area contributed by atoms with Crippen LogP contribution in [-0.2, 0) is 14.8 Å². The number of rotatable bonds is 6. The summed E-state index contributed by atoms with van der Waals surface area (Å²) in [6, 6.07) is 5.05. The molecule has 2 aromatic rings. The van der Waals surface area contributed by atoms with Crippen molar-refractivity contribution in [2.24, 2.45) is 0 Å². The molecule has 9 heteroatoms. The van der Waals surface area contributed by atoms with E-state index in [2.05, 4.69) is 14.6 Å². The van der Waals surface area contributed by atoms with E-state index < -0.39 is 15.8 Å². The first-order valence-corrected chi connectivity index (χ1v) is 7.63. The summed E-state index contributed by atoms with van der Waals surface area (Å²) in [5, 5.41) is 2.39. The number of anilines is 1. The number of nitrogens with zero attached hydrogens (tertiary/aromatic N) is 1. The van der Waals surface area contributed by atoms with E-state index in [9.17, 15) is 17.6 Å². The highest BCUT2D eigenvalue weighted by molar-refractivity contribution is 7.92. The van der Waals surface area contributed by atoms with Gasteiger partial charge in [-0.15, -0.1) is 0 Å². The van der Waals surface area contributed by atoms with E-state index in [0.29, 0.717) is 0 Å². The van der Waals surface area contributed by atoms with Crippen LogP contribution >= 0.6 is 0 Å². The molecule has 1 aromatic heterocycles. The average Bonchev–Trinajstić information content (AvgIpc) is 2.82. The van der Waals surface area contributed by atoms with Crippen LogP contribution in [0.1, 0.15) is 0 Å².